The fraction of sp³-hybridized carbons (Fsp3) is 0.188. The van der Waals surface area contributed by atoms with Crippen molar-refractivity contribution in [3.05, 3.63) is 51.3 Å². The first-order valence-electron chi connectivity index (χ1n) is 6.51. The molecule has 0 radical (unpaired) electrons. The Morgan fingerprint density at radius 1 is 1.48 bits per heavy atom. The molecule has 1 aromatic carbocycles. The van der Waals surface area contributed by atoms with E-state index < -0.39 is 0 Å². The fourth-order valence-electron chi connectivity index (χ4n) is 1.92. The summed E-state index contributed by atoms with van der Waals surface area (Å²) in [6.07, 6.45) is 9.04. The van der Waals surface area contributed by atoms with Gasteiger partial charge in [0, 0.05) is 11.8 Å². The molecule has 0 spiro atoms. The van der Waals surface area contributed by atoms with E-state index in [0.717, 1.165) is 24.1 Å². The minimum Gasteiger partial charge on any atom is -0.504 e. The van der Waals surface area contributed by atoms with Crippen molar-refractivity contribution in [2.24, 2.45) is 0 Å². The van der Waals surface area contributed by atoms with Crippen molar-refractivity contribution in [2.75, 3.05) is 7.11 Å². The second-order valence-corrected chi connectivity index (χ2v) is 5.93. The first-order valence-corrected chi connectivity index (χ1v) is 7.58. The Kier molecular flexibility index (Phi) is 5.44. The van der Waals surface area contributed by atoms with Gasteiger partial charge in [-0.15, -0.1) is 0 Å². The highest BCUT2D eigenvalue weighted by Gasteiger charge is 2.05. The van der Waals surface area contributed by atoms with Gasteiger partial charge in [-0.1, -0.05) is 12.1 Å². The minimum absolute atomic E-state index is 0.0486. The van der Waals surface area contributed by atoms with Gasteiger partial charge >= 0.3 is 0 Å². The molecular formula is C16H16INO3. The van der Waals surface area contributed by atoms with Crippen LogP contribution >= 0.6 is 22.6 Å². The Morgan fingerprint density at radius 2 is 2.29 bits per heavy atom. The summed E-state index contributed by atoms with van der Waals surface area (Å²) in [6.45, 7) is 0. The largest absolute Gasteiger partial charge is 0.504 e. The third-order valence-electron chi connectivity index (χ3n) is 2.96. The summed E-state index contributed by atoms with van der Waals surface area (Å²) < 4.78 is 6.20. The molecule has 0 bridgehead atoms. The number of hydrogen-bond acceptors (Lipinski definition) is 3. The molecule has 110 valence electrons. The van der Waals surface area contributed by atoms with Gasteiger partial charge in [0.25, 0.3) is 0 Å². The van der Waals surface area contributed by atoms with Gasteiger partial charge in [-0.25, -0.2) is 0 Å². The highest BCUT2D eigenvalue weighted by atomic mass is 127. The quantitative estimate of drug-likeness (QED) is 0.604. The molecule has 1 aliphatic rings. The van der Waals surface area contributed by atoms with E-state index in [9.17, 15) is 9.90 Å². The van der Waals surface area contributed by atoms with E-state index in [0.29, 0.717) is 5.75 Å². The number of amides is 1. The van der Waals surface area contributed by atoms with Crippen LogP contribution in [0.3, 0.4) is 0 Å². The summed E-state index contributed by atoms with van der Waals surface area (Å²) in [7, 11) is 1.49. The molecule has 0 unspecified atom stereocenters. The number of hydrogen-bond donors (Lipinski definition) is 2. The molecule has 4 nitrogen and oxygen atoms in total. The maximum absolute atomic E-state index is 11.8. The average Bonchev–Trinajstić information content (AvgIpc) is 2.45. The van der Waals surface area contributed by atoms with Crippen molar-refractivity contribution >= 4 is 34.6 Å². The first kappa shape index (κ1) is 15.6. The van der Waals surface area contributed by atoms with Crippen LogP contribution in [0.25, 0.3) is 6.08 Å². The number of phenols is 1. The lowest BCUT2D eigenvalue weighted by atomic mass is 10.1. The standard InChI is InChI=1S/C16H16INO3/c1-21-15-7-5-11(9-14(15)19)6-8-16(20)18-13-4-2-3-12(17)10-13/h4-10,19H,2-3H2,1H3,(H,18,20)/b8-6+. The van der Waals surface area contributed by atoms with Crippen LogP contribution in [0.5, 0.6) is 11.5 Å². The highest BCUT2D eigenvalue weighted by molar-refractivity contribution is 14.1. The van der Waals surface area contributed by atoms with E-state index >= 15 is 0 Å². The van der Waals surface area contributed by atoms with Crippen molar-refractivity contribution in [3.63, 3.8) is 0 Å². The number of halogens is 1. The van der Waals surface area contributed by atoms with Crippen LogP contribution in [0.15, 0.2) is 45.7 Å². The van der Waals surface area contributed by atoms with E-state index in [4.69, 9.17) is 4.74 Å². The molecule has 5 heteroatoms. The number of nitrogens with one attached hydrogen (secondary N) is 1. The van der Waals surface area contributed by atoms with E-state index in [1.54, 1.807) is 24.3 Å². The predicted molar refractivity (Wildman–Crippen MR) is 91.3 cm³/mol. The number of allylic oxidation sites excluding steroid dienone is 3. The van der Waals surface area contributed by atoms with Crippen molar-refractivity contribution in [1.82, 2.24) is 5.32 Å². The van der Waals surface area contributed by atoms with Crippen LogP contribution < -0.4 is 10.1 Å². The Balaban J connectivity index is 1.99. The molecule has 0 saturated carbocycles. The normalized spacial score (nSPS) is 14.6. The van der Waals surface area contributed by atoms with Gasteiger partial charge in [0.2, 0.25) is 5.91 Å². The van der Waals surface area contributed by atoms with Crippen molar-refractivity contribution < 1.29 is 14.6 Å². The Hall–Kier alpha value is -1.76. The molecule has 0 heterocycles. The van der Waals surface area contributed by atoms with Crippen molar-refractivity contribution in [3.8, 4) is 11.5 Å². The van der Waals surface area contributed by atoms with Crippen LogP contribution in [0.1, 0.15) is 18.4 Å². The van der Waals surface area contributed by atoms with Crippen LogP contribution in [0, 0.1) is 0 Å². The van der Waals surface area contributed by atoms with Crippen LogP contribution in [0.4, 0.5) is 0 Å². The smallest absolute Gasteiger partial charge is 0.248 e. The summed E-state index contributed by atoms with van der Waals surface area (Å²) in [5.74, 6) is 0.259. The molecule has 0 saturated heterocycles. The van der Waals surface area contributed by atoms with Gasteiger partial charge in [0.05, 0.1) is 7.11 Å². The van der Waals surface area contributed by atoms with Gasteiger partial charge in [-0.05, 0) is 68.9 Å². The monoisotopic (exact) mass is 397 g/mol. The zero-order valence-corrected chi connectivity index (χ0v) is 13.8. The maximum atomic E-state index is 11.8. The summed E-state index contributed by atoms with van der Waals surface area (Å²) >= 11 is 2.27. The number of carbonyl (C=O) groups is 1. The van der Waals surface area contributed by atoms with Gasteiger partial charge in [0.1, 0.15) is 0 Å². The topological polar surface area (TPSA) is 58.6 Å². The van der Waals surface area contributed by atoms with Crippen molar-refractivity contribution in [1.29, 1.82) is 0 Å². The highest BCUT2D eigenvalue weighted by Crippen LogP contribution is 2.26. The summed E-state index contributed by atoms with van der Waals surface area (Å²) in [5, 5.41) is 12.5. The van der Waals surface area contributed by atoms with E-state index in [1.807, 2.05) is 12.2 Å². The first-order chi connectivity index (χ1) is 10.1. The number of aromatic hydroxyl groups is 1. The van der Waals surface area contributed by atoms with Crippen LogP contribution in [-0.2, 0) is 4.79 Å². The number of methoxy groups -OCH3 is 1. The Labute approximate surface area is 137 Å². The van der Waals surface area contributed by atoms with E-state index in [-0.39, 0.29) is 11.7 Å². The zero-order valence-electron chi connectivity index (χ0n) is 11.6. The molecule has 2 rings (SSSR count). The van der Waals surface area contributed by atoms with Gasteiger partial charge in [-0.3, -0.25) is 4.79 Å². The maximum Gasteiger partial charge on any atom is 0.248 e. The molecule has 2 N–H and O–H groups in total. The molecule has 0 atom stereocenters. The number of ether oxygens (including phenoxy) is 1. The molecule has 0 fully saturated rings. The van der Waals surface area contributed by atoms with E-state index in [2.05, 4.69) is 27.9 Å². The summed E-state index contributed by atoms with van der Waals surface area (Å²) in [4.78, 5) is 11.8. The second-order valence-electron chi connectivity index (χ2n) is 4.54. The number of benzene rings is 1. The zero-order chi connectivity index (χ0) is 15.2. The third kappa shape index (κ3) is 4.63. The Bertz CT molecular complexity index is 632. The molecule has 1 amide bonds. The summed E-state index contributed by atoms with van der Waals surface area (Å²) in [5.41, 5.74) is 1.56. The average molecular weight is 397 g/mol. The van der Waals surface area contributed by atoms with Crippen LogP contribution in [0.2, 0.25) is 0 Å². The third-order valence-corrected chi connectivity index (χ3v) is 3.81. The second kappa shape index (κ2) is 7.31. The van der Waals surface area contributed by atoms with Gasteiger partial charge in [0.15, 0.2) is 11.5 Å². The lowest BCUT2D eigenvalue weighted by molar-refractivity contribution is -0.115. The molecule has 0 aliphatic heterocycles. The number of carbonyl (C=O) groups excluding carboxylic acids is 1. The predicted octanol–water partition coefficient (Wildman–Crippen LogP) is 3.53. The molecule has 0 aromatic heterocycles. The fourth-order valence-corrected chi connectivity index (χ4v) is 2.57. The lowest BCUT2D eigenvalue weighted by Crippen LogP contribution is -2.20. The number of phenolic OH excluding ortho intramolecular Hbond substituents is 1. The minimum atomic E-state index is -0.195. The number of rotatable bonds is 4. The van der Waals surface area contributed by atoms with Crippen molar-refractivity contribution in [2.45, 2.75) is 12.8 Å². The Morgan fingerprint density at radius 3 is 2.95 bits per heavy atom. The molecular weight excluding hydrogens is 381 g/mol. The molecule has 1 aromatic rings. The summed E-state index contributed by atoms with van der Waals surface area (Å²) in [6, 6.07) is 4.97. The SMILES string of the molecule is COc1ccc(/C=C/C(=O)NC2=CCCC(I)=C2)cc1O. The molecule has 21 heavy (non-hydrogen) atoms. The van der Waals surface area contributed by atoms with Crippen LogP contribution in [-0.4, -0.2) is 18.1 Å². The molecule has 1 aliphatic carbocycles. The van der Waals surface area contributed by atoms with Gasteiger partial charge in [-0.2, -0.15) is 0 Å². The lowest BCUT2D eigenvalue weighted by Gasteiger charge is -2.09. The van der Waals surface area contributed by atoms with E-state index in [1.165, 1.54) is 16.8 Å². The van der Waals surface area contributed by atoms with Gasteiger partial charge < -0.3 is 15.2 Å².